The number of nitrogens with zero attached hydrogens (tertiary/aromatic N) is 1. The van der Waals surface area contributed by atoms with Crippen LogP contribution in [0.1, 0.15) is 53.4 Å². The maximum absolute atomic E-state index is 10.8. The lowest BCUT2D eigenvalue weighted by molar-refractivity contribution is 0.322. The van der Waals surface area contributed by atoms with E-state index >= 15 is 0 Å². The molecular weight excluding hydrogens is 274 g/mol. The second kappa shape index (κ2) is 3.89. The Morgan fingerprint density at radius 3 is 2.05 bits per heavy atom. The van der Waals surface area contributed by atoms with E-state index in [0.717, 1.165) is 28.7 Å². The fourth-order valence-corrected chi connectivity index (χ4v) is 5.09. The van der Waals surface area contributed by atoms with Gasteiger partial charge in [0.1, 0.15) is 0 Å². The highest BCUT2D eigenvalue weighted by Gasteiger charge is 2.58. The average molecular weight is 295 g/mol. The summed E-state index contributed by atoms with van der Waals surface area (Å²) >= 11 is 0. The van der Waals surface area contributed by atoms with Crippen molar-refractivity contribution in [1.82, 2.24) is 4.57 Å². The molecule has 114 valence electrons. The maximum Gasteiger partial charge on any atom is 0.202 e. The first kappa shape index (κ1) is 12.6. The van der Waals surface area contributed by atoms with Crippen LogP contribution in [-0.2, 0) is 0 Å². The lowest BCUT2D eigenvalue weighted by Gasteiger charge is -2.35. The number of hydrogen-bond acceptors (Lipinski definition) is 2. The van der Waals surface area contributed by atoms with E-state index in [4.69, 9.17) is 0 Å². The molecule has 1 aromatic heterocycles. The highest BCUT2D eigenvalue weighted by Crippen LogP contribution is 2.70. The third-order valence-electron chi connectivity index (χ3n) is 6.40. The molecule has 1 aromatic carbocycles. The SMILES string of the molecule is Cc1ccc(-n2c(O)c3c(c2O)[C@@H]2CC[C@H]3[C@H]3C[C@H]32)cc1C. The molecule has 0 spiro atoms. The van der Waals surface area contributed by atoms with E-state index in [1.807, 2.05) is 12.1 Å². The number of fused-ring (bicyclic) bond motifs is 1. The molecule has 22 heavy (non-hydrogen) atoms. The van der Waals surface area contributed by atoms with Crippen molar-refractivity contribution in [1.29, 1.82) is 0 Å². The Morgan fingerprint density at radius 2 is 1.50 bits per heavy atom. The summed E-state index contributed by atoms with van der Waals surface area (Å²) in [7, 11) is 0. The number of aromatic hydroxyl groups is 2. The Labute approximate surface area is 130 Å². The van der Waals surface area contributed by atoms with Crippen LogP contribution in [-0.4, -0.2) is 14.8 Å². The zero-order valence-corrected chi connectivity index (χ0v) is 13.0. The molecule has 2 bridgehead atoms. The Bertz CT molecular complexity index is 765. The first-order chi connectivity index (χ1) is 10.6. The van der Waals surface area contributed by atoms with Crippen molar-refractivity contribution >= 4 is 0 Å². The van der Waals surface area contributed by atoms with E-state index in [1.54, 1.807) is 4.57 Å². The summed E-state index contributed by atoms with van der Waals surface area (Å²) in [5.41, 5.74) is 5.35. The van der Waals surface area contributed by atoms with Gasteiger partial charge in [0, 0.05) is 11.1 Å². The van der Waals surface area contributed by atoms with Crippen molar-refractivity contribution in [3.05, 3.63) is 40.5 Å². The van der Waals surface area contributed by atoms with Crippen molar-refractivity contribution in [3.63, 3.8) is 0 Å². The summed E-state index contributed by atoms with van der Waals surface area (Å²) in [4.78, 5) is 0. The van der Waals surface area contributed by atoms with Crippen LogP contribution in [0.25, 0.3) is 5.69 Å². The standard InChI is InChI=1S/C19H21NO2/c1-9-3-4-11(7-10(9)2)20-18(21)16-12-5-6-13(15-8-14(12)15)17(16)19(20)22/h3-4,7,12-15,21-22H,5-6,8H2,1-2H3/t12-,13+,14+,15-. The zero-order chi connectivity index (χ0) is 15.2. The first-order valence-corrected chi connectivity index (χ1v) is 8.32. The smallest absolute Gasteiger partial charge is 0.202 e. The summed E-state index contributed by atoms with van der Waals surface area (Å²) in [6.45, 7) is 4.14. The maximum atomic E-state index is 10.8. The van der Waals surface area contributed by atoms with Crippen LogP contribution in [0.2, 0.25) is 0 Å². The van der Waals surface area contributed by atoms with Crippen LogP contribution in [0.4, 0.5) is 0 Å². The van der Waals surface area contributed by atoms with Gasteiger partial charge in [-0.25, -0.2) is 0 Å². The molecule has 0 unspecified atom stereocenters. The fraction of sp³-hybridized carbons (Fsp3) is 0.474. The van der Waals surface area contributed by atoms with Crippen molar-refractivity contribution in [2.45, 2.75) is 44.9 Å². The number of aromatic nitrogens is 1. The average Bonchev–Trinajstić information content (AvgIpc) is 3.28. The Morgan fingerprint density at radius 1 is 0.909 bits per heavy atom. The van der Waals surface area contributed by atoms with Gasteiger partial charge in [0.15, 0.2) is 0 Å². The lowest BCUT2D eigenvalue weighted by atomic mass is 9.68. The highest BCUT2D eigenvalue weighted by atomic mass is 16.3. The van der Waals surface area contributed by atoms with Crippen molar-refractivity contribution in [2.75, 3.05) is 0 Å². The quantitative estimate of drug-likeness (QED) is 0.831. The molecule has 2 N–H and O–H groups in total. The molecule has 0 amide bonds. The van der Waals surface area contributed by atoms with Crippen LogP contribution in [0.5, 0.6) is 11.8 Å². The van der Waals surface area contributed by atoms with Crippen molar-refractivity contribution < 1.29 is 10.2 Å². The molecule has 3 heteroatoms. The fourth-order valence-electron chi connectivity index (χ4n) is 5.09. The summed E-state index contributed by atoms with van der Waals surface area (Å²) in [6.07, 6.45) is 3.62. The van der Waals surface area contributed by atoms with Gasteiger partial charge in [0.05, 0.1) is 5.69 Å². The third-order valence-corrected chi connectivity index (χ3v) is 6.40. The van der Waals surface area contributed by atoms with Crippen molar-refractivity contribution in [3.8, 4) is 17.4 Å². The molecule has 2 aromatic rings. The van der Waals surface area contributed by atoms with Crippen LogP contribution in [0.15, 0.2) is 18.2 Å². The molecule has 3 nitrogen and oxygen atoms in total. The molecule has 0 aliphatic heterocycles. The molecule has 0 radical (unpaired) electrons. The molecule has 4 aliphatic rings. The van der Waals surface area contributed by atoms with E-state index in [1.165, 1.54) is 30.4 Å². The minimum atomic E-state index is 0.274. The summed E-state index contributed by atoms with van der Waals surface area (Å²) in [5.74, 6) is 2.98. The zero-order valence-electron chi connectivity index (χ0n) is 13.0. The van der Waals surface area contributed by atoms with Gasteiger partial charge < -0.3 is 10.2 Å². The minimum Gasteiger partial charge on any atom is -0.494 e. The van der Waals surface area contributed by atoms with Crippen LogP contribution < -0.4 is 0 Å². The topological polar surface area (TPSA) is 45.4 Å². The van der Waals surface area contributed by atoms with Gasteiger partial charge in [-0.3, -0.25) is 4.57 Å². The van der Waals surface area contributed by atoms with E-state index in [9.17, 15) is 10.2 Å². The molecule has 4 aliphatic carbocycles. The molecule has 6 rings (SSSR count). The lowest BCUT2D eigenvalue weighted by Crippen LogP contribution is -2.22. The summed E-state index contributed by atoms with van der Waals surface area (Å²) in [5, 5.41) is 21.7. The molecule has 1 heterocycles. The molecule has 4 atom stereocenters. The second-order valence-corrected chi connectivity index (χ2v) is 7.43. The molecule has 2 fully saturated rings. The first-order valence-electron chi connectivity index (χ1n) is 8.32. The van der Waals surface area contributed by atoms with Gasteiger partial charge in [-0.15, -0.1) is 0 Å². The van der Waals surface area contributed by atoms with Crippen LogP contribution in [0, 0.1) is 25.7 Å². The number of hydrogen-bond donors (Lipinski definition) is 2. The minimum absolute atomic E-state index is 0.274. The number of benzene rings is 1. The van der Waals surface area contributed by atoms with Crippen LogP contribution >= 0.6 is 0 Å². The predicted octanol–water partition coefficient (Wildman–Crippen LogP) is 4.12. The van der Waals surface area contributed by atoms with E-state index < -0.39 is 0 Å². The van der Waals surface area contributed by atoms with Crippen molar-refractivity contribution in [2.24, 2.45) is 11.8 Å². The molecular formula is C19H21NO2. The Hall–Kier alpha value is -1.90. The molecule has 0 saturated heterocycles. The van der Waals surface area contributed by atoms with Crippen LogP contribution in [0.3, 0.4) is 0 Å². The van der Waals surface area contributed by atoms with E-state index in [-0.39, 0.29) is 11.8 Å². The van der Waals surface area contributed by atoms with Gasteiger partial charge >= 0.3 is 0 Å². The highest BCUT2D eigenvalue weighted by molar-refractivity contribution is 5.60. The number of rotatable bonds is 1. The van der Waals surface area contributed by atoms with Gasteiger partial charge in [-0.05, 0) is 80.0 Å². The predicted molar refractivity (Wildman–Crippen MR) is 84.9 cm³/mol. The van der Waals surface area contributed by atoms with Gasteiger partial charge in [0.2, 0.25) is 11.8 Å². The van der Waals surface area contributed by atoms with Gasteiger partial charge in [0.25, 0.3) is 0 Å². The van der Waals surface area contributed by atoms with Gasteiger partial charge in [-0.2, -0.15) is 0 Å². The third kappa shape index (κ3) is 1.37. The van der Waals surface area contributed by atoms with Gasteiger partial charge in [-0.1, -0.05) is 6.07 Å². The Kier molecular flexibility index (Phi) is 2.23. The summed E-state index contributed by atoms with van der Waals surface area (Å²) < 4.78 is 1.66. The monoisotopic (exact) mass is 295 g/mol. The largest absolute Gasteiger partial charge is 0.494 e. The molecule has 2 saturated carbocycles. The summed E-state index contributed by atoms with van der Waals surface area (Å²) in [6, 6.07) is 6.08. The number of aryl methyl sites for hydroxylation is 2. The second-order valence-electron chi connectivity index (χ2n) is 7.43. The normalized spacial score (nSPS) is 31.0. The Balaban J connectivity index is 1.74. The van der Waals surface area contributed by atoms with E-state index in [0.29, 0.717) is 11.8 Å². The van der Waals surface area contributed by atoms with E-state index in [2.05, 4.69) is 19.9 Å².